The Morgan fingerprint density at radius 1 is 1.19 bits per heavy atom. The molecule has 2 atom stereocenters. The molecule has 2 bridgehead atoms. The fourth-order valence-electron chi connectivity index (χ4n) is 6.42. The molecular weight excluding hydrogens is 603 g/mol. The zero-order valence-electron chi connectivity index (χ0n) is 23.6. The lowest BCUT2D eigenvalue weighted by Crippen LogP contribution is -2.47. The lowest BCUT2D eigenvalue weighted by molar-refractivity contribution is -0.137. The van der Waals surface area contributed by atoms with E-state index < -0.39 is 21.6 Å². The molecule has 1 aliphatic carbocycles. The van der Waals surface area contributed by atoms with Crippen LogP contribution in [0.3, 0.4) is 0 Å². The van der Waals surface area contributed by atoms with Gasteiger partial charge in [0, 0.05) is 61.3 Å². The zero-order valence-corrected chi connectivity index (χ0v) is 25.2. The summed E-state index contributed by atoms with van der Waals surface area (Å²) in [5.74, 6) is 0.172. The van der Waals surface area contributed by atoms with Crippen molar-refractivity contribution in [3.8, 4) is 10.6 Å². The molecule has 1 saturated carbocycles. The van der Waals surface area contributed by atoms with E-state index in [-0.39, 0.29) is 40.4 Å². The molecule has 3 fully saturated rings. The number of anilines is 3. The van der Waals surface area contributed by atoms with E-state index in [2.05, 4.69) is 37.2 Å². The predicted molar refractivity (Wildman–Crippen MR) is 157 cm³/mol. The second-order valence-corrected chi connectivity index (χ2v) is 14.8. The molecule has 1 aromatic carbocycles. The lowest BCUT2D eigenvalue weighted by Gasteiger charge is -2.35. The van der Waals surface area contributed by atoms with Gasteiger partial charge in [0.05, 0.1) is 41.0 Å². The first-order valence-corrected chi connectivity index (χ1v) is 16.9. The molecule has 0 spiro atoms. The van der Waals surface area contributed by atoms with Gasteiger partial charge in [0.25, 0.3) is 0 Å². The second kappa shape index (κ2) is 11.0. The number of alkyl halides is 3. The highest BCUT2D eigenvalue weighted by atomic mass is 32.2. The number of nitrogens with one attached hydrogen (secondary N) is 1. The molecule has 1 N–H and O–H groups in total. The Labute approximate surface area is 251 Å². The van der Waals surface area contributed by atoms with Gasteiger partial charge in [0.15, 0.2) is 9.84 Å². The summed E-state index contributed by atoms with van der Waals surface area (Å²) in [4.78, 5) is 13.8. The Hall–Kier alpha value is -2.78. The highest BCUT2D eigenvalue weighted by molar-refractivity contribution is 7.91. The number of sulfone groups is 1. The number of hydrogen-bond donors (Lipinski definition) is 1. The van der Waals surface area contributed by atoms with E-state index in [0.717, 1.165) is 80.0 Å². The van der Waals surface area contributed by atoms with Gasteiger partial charge >= 0.3 is 6.18 Å². The number of fused-ring (bicyclic) bond motifs is 3. The van der Waals surface area contributed by atoms with Gasteiger partial charge in [-0.2, -0.15) is 13.2 Å². The molecule has 230 valence electrons. The fourth-order valence-corrected chi connectivity index (χ4v) is 9.25. The number of piperazine rings is 1. The molecule has 9 nitrogen and oxygen atoms in total. The van der Waals surface area contributed by atoms with Gasteiger partial charge in [-0.05, 0) is 55.0 Å². The van der Waals surface area contributed by atoms with Crippen LogP contribution in [0, 0.1) is 0 Å². The molecule has 7 rings (SSSR count). The normalized spacial score (nSPS) is 23.4. The van der Waals surface area contributed by atoms with Gasteiger partial charge in [0.2, 0.25) is 5.95 Å². The van der Waals surface area contributed by atoms with Crippen LogP contribution in [-0.2, 0) is 32.1 Å². The quantitative estimate of drug-likeness (QED) is 0.365. The van der Waals surface area contributed by atoms with E-state index in [1.165, 1.54) is 6.07 Å². The van der Waals surface area contributed by atoms with Crippen LogP contribution in [0.25, 0.3) is 10.6 Å². The topological polar surface area (TPSA) is 96.9 Å². The number of nitrogens with zero attached hydrogens (tertiary/aromatic N) is 4. The number of rotatable bonds is 8. The van der Waals surface area contributed by atoms with Crippen LogP contribution in [0.2, 0.25) is 0 Å². The van der Waals surface area contributed by atoms with Crippen LogP contribution in [0.15, 0.2) is 35.4 Å². The van der Waals surface area contributed by atoms with Crippen molar-refractivity contribution in [1.29, 1.82) is 0 Å². The Balaban J connectivity index is 1.18. The molecule has 14 heteroatoms. The number of aromatic nitrogens is 2. The number of benzene rings is 1. The predicted octanol–water partition coefficient (Wildman–Crippen LogP) is 5.06. The minimum atomic E-state index is -4.72. The van der Waals surface area contributed by atoms with Crippen LogP contribution in [0.5, 0.6) is 0 Å². The highest BCUT2D eigenvalue weighted by Crippen LogP contribution is 2.47. The van der Waals surface area contributed by atoms with Crippen LogP contribution in [0.1, 0.15) is 41.2 Å². The average molecular weight is 636 g/mol. The summed E-state index contributed by atoms with van der Waals surface area (Å²) in [5.41, 5.74) is 1.65. The number of hydrogen-bond acceptors (Lipinski definition) is 10. The first-order valence-electron chi connectivity index (χ1n) is 14.4. The van der Waals surface area contributed by atoms with Gasteiger partial charge < -0.3 is 19.7 Å². The van der Waals surface area contributed by atoms with Crippen molar-refractivity contribution >= 4 is 38.5 Å². The van der Waals surface area contributed by atoms with Gasteiger partial charge in [-0.1, -0.05) is 0 Å². The summed E-state index contributed by atoms with van der Waals surface area (Å²) in [6.07, 6.45) is -0.733. The first kappa shape index (κ1) is 29.0. The molecular formula is C29H32F3N5O4S2. The van der Waals surface area contributed by atoms with Crippen molar-refractivity contribution in [3.05, 3.63) is 46.5 Å². The number of thiophene rings is 1. The average Bonchev–Trinajstić information content (AvgIpc) is 3.45. The van der Waals surface area contributed by atoms with E-state index >= 15 is 0 Å². The Bertz CT molecular complexity index is 1640. The largest absolute Gasteiger partial charge is 0.420 e. The van der Waals surface area contributed by atoms with Gasteiger partial charge in [0.1, 0.15) is 5.56 Å². The highest BCUT2D eigenvalue weighted by Gasteiger charge is 2.43. The van der Waals surface area contributed by atoms with E-state index in [0.29, 0.717) is 22.9 Å². The second-order valence-electron chi connectivity index (χ2n) is 11.6. The van der Waals surface area contributed by atoms with Crippen molar-refractivity contribution in [3.63, 3.8) is 0 Å². The number of ether oxygens (including phenoxy) is 2. The SMILES string of the molecule is COCCN1C[C@H]2C[C@@H]1CN2c1ccc(Nc2ncc(C(F)(F)F)c(-c3cc4c(s3)COCCS4(=O)=O)n2)c(C2CC2)c1. The Kier molecular flexibility index (Phi) is 7.40. The minimum Gasteiger partial charge on any atom is -0.383 e. The van der Waals surface area contributed by atoms with Gasteiger partial charge in [-0.15, -0.1) is 11.3 Å². The maximum Gasteiger partial charge on any atom is 0.420 e. The summed E-state index contributed by atoms with van der Waals surface area (Å²) in [5, 5.41) is 3.18. The standard InChI is InChI=1S/C29H32F3N5O4S2/c1-40-7-6-36-14-20-10-19(36)15-37(20)18-4-5-23(21(11-18)17-2-3-17)34-28-33-13-22(29(30,31)32)27(35-28)24-12-26-25(42-24)16-41-8-9-43(26,38)39/h4-5,11-13,17,19-20H,2-3,6-10,14-16H2,1H3,(H,33,34,35)/t19-,20-/m1/s1. The molecule has 2 saturated heterocycles. The third kappa shape index (κ3) is 5.63. The fraction of sp³-hybridized carbons (Fsp3) is 0.517. The summed E-state index contributed by atoms with van der Waals surface area (Å²) in [6, 6.07) is 8.47. The van der Waals surface area contributed by atoms with Gasteiger partial charge in [-0.3, -0.25) is 4.90 Å². The first-order chi connectivity index (χ1) is 20.6. The minimum absolute atomic E-state index is 0.00952. The van der Waals surface area contributed by atoms with Crippen molar-refractivity contribution < 1.29 is 31.1 Å². The number of methoxy groups -OCH3 is 1. The van der Waals surface area contributed by atoms with Crippen LogP contribution in [0.4, 0.5) is 30.5 Å². The van der Waals surface area contributed by atoms with Gasteiger partial charge in [-0.25, -0.2) is 18.4 Å². The summed E-state index contributed by atoms with van der Waals surface area (Å²) in [7, 11) is -1.94. The Morgan fingerprint density at radius 2 is 2.02 bits per heavy atom. The number of halogens is 3. The third-order valence-electron chi connectivity index (χ3n) is 8.73. The van der Waals surface area contributed by atoms with Crippen LogP contribution in [-0.4, -0.2) is 81.1 Å². The van der Waals surface area contributed by atoms with Crippen LogP contribution < -0.4 is 10.2 Å². The maximum atomic E-state index is 14.1. The van der Waals surface area contributed by atoms with Crippen LogP contribution >= 0.6 is 11.3 Å². The smallest absolute Gasteiger partial charge is 0.383 e. The van der Waals surface area contributed by atoms with E-state index in [1.807, 2.05) is 6.07 Å². The van der Waals surface area contributed by atoms with E-state index in [1.54, 1.807) is 7.11 Å². The summed E-state index contributed by atoms with van der Waals surface area (Å²) in [6.45, 7) is 3.71. The van der Waals surface area contributed by atoms with E-state index in [4.69, 9.17) is 9.47 Å². The summed E-state index contributed by atoms with van der Waals surface area (Å²) < 4.78 is 78.2. The molecule has 0 radical (unpaired) electrons. The Morgan fingerprint density at radius 3 is 2.74 bits per heavy atom. The van der Waals surface area contributed by atoms with Crippen molar-refractivity contribution in [2.24, 2.45) is 0 Å². The molecule has 0 amide bonds. The van der Waals surface area contributed by atoms with E-state index in [9.17, 15) is 21.6 Å². The summed E-state index contributed by atoms with van der Waals surface area (Å²) >= 11 is 0.955. The molecule has 3 aliphatic heterocycles. The molecule has 3 aromatic rings. The molecule has 2 aromatic heterocycles. The van der Waals surface area contributed by atoms with Crippen molar-refractivity contribution in [2.75, 3.05) is 55.9 Å². The lowest BCUT2D eigenvalue weighted by atomic mass is 10.1. The third-order valence-corrected chi connectivity index (χ3v) is 11.7. The molecule has 5 heterocycles. The molecule has 4 aliphatic rings. The zero-order chi connectivity index (χ0) is 29.9. The maximum absolute atomic E-state index is 14.1. The van der Waals surface area contributed by atoms with Crippen molar-refractivity contribution in [2.45, 2.75) is 54.9 Å². The van der Waals surface area contributed by atoms with Crippen molar-refractivity contribution in [1.82, 2.24) is 14.9 Å². The molecule has 0 unspecified atom stereocenters. The number of likely N-dealkylation sites (tertiary alicyclic amines) is 1. The monoisotopic (exact) mass is 635 g/mol. The molecule has 43 heavy (non-hydrogen) atoms.